The number of benzene rings is 4. The Morgan fingerprint density at radius 1 is 0.583 bits per heavy atom. The van der Waals surface area contributed by atoms with E-state index in [2.05, 4.69) is 28.8 Å². The Hall–Kier alpha value is -5.56. The molecule has 5 heterocycles. The van der Waals surface area contributed by atoms with E-state index in [0.717, 1.165) is 117 Å². The van der Waals surface area contributed by atoms with E-state index in [0.29, 0.717) is 36.6 Å². The molecule has 0 aromatic heterocycles. The molecule has 12 heteroatoms. The van der Waals surface area contributed by atoms with E-state index < -0.39 is 0 Å². The van der Waals surface area contributed by atoms with Crippen molar-refractivity contribution < 1.29 is 32.6 Å². The van der Waals surface area contributed by atoms with Crippen LogP contribution in [0.25, 0.3) is 11.1 Å². The molecular weight excluding hydrogens is 765 g/mol. The van der Waals surface area contributed by atoms with Crippen molar-refractivity contribution >= 4 is 23.0 Å². The van der Waals surface area contributed by atoms with Gasteiger partial charge in [0, 0.05) is 94.3 Å². The van der Waals surface area contributed by atoms with Gasteiger partial charge in [-0.25, -0.2) is 8.78 Å². The van der Waals surface area contributed by atoms with E-state index in [1.54, 1.807) is 24.3 Å². The smallest absolute Gasteiger partial charge is 0.253 e. The van der Waals surface area contributed by atoms with Gasteiger partial charge in [-0.3, -0.25) is 14.5 Å². The van der Waals surface area contributed by atoms with Crippen molar-refractivity contribution in [1.82, 2.24) is 24.5 Å². The third-order valence-electron chi connectivity index (χ3n) is 12.0. The Balaban J connectivity index is 0.000000172. The highest BCUT2D eigenvalue weighted by Gasteiger charge is 2.32. The fourth-order valence-corrected chi connectivity index (χ4v) is 8.39. The first-order valence-electron chi connectivity index (χ1n) is 21.0. The maximum Gasteiger partial charge on any atom is 0.253 e. The predicted octanol–water partition coefficient (Wildman–Crippen LogP) is 6.06. The average Bonchev–Trinajstić information content (AvgIpc) is 3.83. The number of carbonyl (C=O) groups is 2. The number of hydrogen-bond donors (Lipinski definition) is 0. The number of nitrogens with zero attached hydrogens (tertiary/aromatic N) is 5. The number of rotatable bonds is 8. The second-order valence-electron chi connectivity index (χ2n) is 16.0. The lowest BCUT2D eigenvalue weighted by molar-refractivity contribution is -0.129. The fourth-order valence-electron chi connectivity index (χ4n) is 8.39. The Kier molecular flexibility index (Phi) is 12.9. The summed E-state index contributed by atoms with van der Waals surface area (Å²) in [6, 6.07) is 26.1. The molecule has 4 aromatic carbocycles. The van der Waals surface area contributed by atoms with Gasteiger partial charge >= 0.3 is 0 Å². The van der Waals surface area contributed by atoms with E-state index >= 15 is 0 Å². The number of likely N-dealkylation sites (tertiary alicyclic amines) is 1. The largest absolute Gasteiger partial charge is 0.492 e. The molecule has 0 radical (unpaired) electrons. The van der Waals surface area contributed by atoms with Crippen molar-refractivity contribution in [3.63, 3.8) is 0 Å². The lowest BCUT2D eigenvalue weighted by Gasteiger charge is -2.34. The maximum atomic E-state index is 13.7. The summed E-state index contributed by atoms with van der Waals surface area (Å²) < 4.78 is 45.1. The Morgan fingerprint density at radius 2 is 1.08 bits per heavy atom. The molecule has 314 valence electrons. The van der Waals surface area contributed by atoms with Crippen molar-refractivity contribution in [2.75, 3.05) is 106 Å². The zero-order valence-electron chi connectivity index (χ0n) is 34.5. The molecule has 3 saturated heterocycles. The van der Waals surface area contributed by atoms with E-state index in [9.17, 15) is 18.4 Å². The van der Waals surface area contributed by atoms with Gasteiger partial charge in [-0.2, -0.15) is 0 Å². The molecule has 0 N–H and O–H groups in total. The van der Waals surface area contributed by atoms with Crippen LogP contribution < -0.4 is 14.2 Å². The van der Waals surface area contributed by atoms with Crippen LogP contribution in [0.3, 0.4) is 0 Å². The molecule has 4 aromatic rings. The number of halogens is 2. The molecule has 0 saturated carbocycles. The van der Waals surface area contributed by atoms with Crippen LogP contribution in [0, 0.1) is 11.6 Å². The molecule has 0 bridgehead atoms. The topological polar surface area (TPSA) is 78.0 Å². The summed E-state index contributed by atoms with van der Waals surface area (Å²) in [4.78, 5) is 37.4. The van der Waals surface area contributed by atoms with Gasteiger partial charge in [-0.05, 0) is 86.6 Å². The van der Waals surface area contributed by atoms with Crippen LogP contribution in [0.4, 0.5) is 8.78 Å². The monoisotopic (exact) mass is 817 g/mol. The molecule has 5 aliphatic rings. The summed E-state index contributed by atoms with van der Waals surface area (Å²) in [5.74, 6) is 1.62. The molecule has 10 nitrogen and oxygen atoms in total. The van der Waals surface area contributed by atoms with E-state index in [1.165, 1.54) is 24.3 Å². The van der Waals surface area contributed by atoms with Crippen molar-refractivity contribution in [3.8, 4) is 17.2 Å². The normalized spacial score (nSPS) is 18.5. The first-order chi connectivity index (χ1) is 29.2. The minimum atomic E-state index is -0.301. The lowest BCUT2D eigenvalue weighted by atomic mass is 9.90. The standard InChI is InChI=1S/C27H32FN3O3.C21H21FN2O2/c1-29-12-14-30(15-13-29)16-17-33-22-8-9-25-23(18-22)26(20-4-6-21(28)7-5-20)24(19-34-25)27(32)31-10-2-3-11-31;1-23-10-12-24(13-11-23)21(25)18-14-26-19-5-3-2-4-17(19)20(18)15-6-8-16(22)9-7-15/h4-9,18H,2-3,10-17,19H2,1H3;2-9H,10-14H2,1H3. The molecular formula is C48H53F2N5O5. The molecule has 0 unspecified atom stereocenters. The minimum Gasteiger partial charge on any atom is -0.492 e. The molecule has 0 spiro atoms. The number of hydrogen-bond acceptors (Lipinski definition) is 8. The van der Waals surface area contributed by atoms with Gasteiger partial charge in [0.1, 0.15) is 48.7 Å². The van der Waals surface area contributed by atoms with Crippen molar-refractivity contribution in [1.29, 1.82) is 0 Å². The number of piperazine rings is 2. The zero-order chi connectivity index (χ0) is 41.6. The van der Waals surface area contributed by atoms with Gasteiger partial charge in [0.2, 0.25) is 0 Å². The highest BCUT2D eigenvalue weighted by Crippen LogP contribution is 2.41. The summed E-state index contributed by atoms with van der Waals surface area (Å²) in [7, 11) is 4.21. The first kappa shape index (κ1) is 41.2. The van der Waals surface area contributed by atoms with Gasteiger partial charge in [-0.15, -0.1) is 0 Å². The van der Waals surface area contributed by atoms with E-state index in [4.69, 9.17) is 14.2 Å². The van der Waals surface area contributed by atoms with E-state index in [1.807, 2.05) is 52.3 Å². The molecule has 5 aliphatic heterocycles. The second kappa shape index (κ2) is 18.8. The summed E-state index contributed by atoms with van der Waals surface area (Å²) in [6.45, 7) is 10.8. The van der Waals surface area contributed by atoms with Crippen LogP contribution >= 0.6 is 0 Å². The van der Waals surface area contributed by atoms with Gasteiger partial charge in [0.05, 0.1) is 11.1 Å². The quantitative estimate of drug-likeness (QED) is 0.213. The third-order valence-corrected chi connectivity index (χ3v) is 12.0. The van der Waals surface area contributed by atoms with Crippen LogP contribution in [-0.4, -0.2) is 142 Å². The highest BCUT2D eigenvalue weighted by atomic mass is 19.1. The molecule has 9 rings (SSSR count). The lowest BCUT2D eigenvalue weighted by Crippen LogP contribution is -2.48. The maximum absolute atomic E-state index is 13.7. The highest BCUT2D eigenvalue weighted by molar-refractivity contribution is 6.07. The van der Waals surface area contributed by atoms with Gasteiger partial charge < -0.3 is 33.8 Å². The van der Waals surface area contributed by atoms with Crippen LogP contribution in [0.5, 0.6) is 17.2 Å². The summed E-state index contributed by atoms with van der Waals surface area (Å²) in [5, 5.41) is 0. The van der Waals surface area contributed by atoms with Crippen LogP contribution in [-0.2, 0) is 9.59 Å². The number of fused-ring (bicyclic) bond motifs is 2. The van der Waals surface area contributed by atoms with Gasteiger partial charge in [-0.1, -0.05) is 42.5 Å². The van der Waals surface area contributed by atoms with Crippen LogP contribution in [0.2, 0.25) is 0 Å². The summed E-state index contributed by atoms with van der Waals surface area (Å²) in [6.07, 6.45) is 2.04. The Labute approximate surface area is 351 Å². The Morgan fingerprint density at radius 3 is 1.67 bits per heavy atom. The van der Waals surface area contributed by atoms with Crippen molar-refractivity contribution in [2.24, 2.45) is 0 Å². The predicted molar refractivity (Wildman–Crippen MR) is 228 cm³/mol. The average molecular weight is 818 g/mol. The number of likely N-dealkylation sites (N-methyl/N-ethyl adjacent to an activating group) is 2. The van der Waals surface area contributed by atoms with Gasteiger partial charge in [0.15, 0.2) is 0 Å². The minimum absolute atomic E-state index is 0.00358. The summed E-state index contributed by atoms with van der Waals surface area (Å²) >= 11 is 0. The van der Waals surface area contributed by atoms with Crippen LogP contribution in [0.1, 0.15) is 35.1 Å². The summed E-state index contributed by atoms with van der Waals surface area (Å²) in [5.41, 5.74) is 6.25. The molecule has 0 aliphatic carbocycles. The zero-order valence-corrected chi connectivity index (χ0v) is 34.5. The molecule has 2 amide bonds. The number of amides is 2. The Bertz CT molecular complexity index is 2220. The SMILES string of the molecule is CN1CCN(C(=O)C2=C(c3ccc(F)cc3)c3ccccc3OC2)CC1.CN1CCN(CCOc2ccc3c(c2)C(c2ccc(F)cc2)=C(C(=O)N2CCCC2)CO3)CC1. The first-order valence-corrected chi connectivity index (χ1v) is 21.0. The van der Waals surface area contributed by atoms with Crippen molar-refractivity contribution in [3.05, 3.63) is 136 Å². The van der Waals surface area contributed by atoms with Crippen molar-refractivity contribution in [2.45, 2.75) is 12.8 Å². The number of carbonyl (C=O) groups excluding carboxylic acids is 2. The van der Waals surface area contributed by atoms with Crippen LogP contribution in [0.15, 0.2) is 102 Å². The molecule has 3 fully saturated rings. The molecule has 60 heavy (non-hydrogen) atoms. The molecule has 0 atom stereocenters. The van der Waals surface area contributed by atoms with Gasteiger partial charge in [0.25, 0.3) is 11.8 Å². The second-order valence-corrected chi connectivity index (χ2v) is 16.0. The third kappa shape index (κ3) is 9.41. The number of para-hydroxylation sites is 1. The number of ether oxygens (including phenoxy) is 3. The fraction of sp³-hybridized carbons (Fsp3) is 0.375. The van der Waals surface area contributed by atoms with E-state index in [-0.39, 0.29) is 36.7 Å².